The summed E-state index contributed by atoms with van der Waals surface area (Å²) in [6.45, 7) is 2.75. The highest BCUT2D eigenvalue weighted by Crippen LogP contribution is 2.27. The molecule has 0 aliphatic heterocycles. The molecule has 1 aromatic rings. The Hall–Kier alpha value is -0.940. The fraction of sp³-hybridized carbons (Fsp3) is 0.600. The highest BCUT2D eigenvalue weighted by molar-refractivity contribution is 9.10. The summed E-state index contributed by atoms with van der Waals surface area (Å²) in [5, 5.41) is 14.5. The average molecular weight is 341 g/mol. The second-order valence-corrected chi connectivity index (χ2v) is 6.51. The first kappa shape index (κ1) is 15.4. The van der Waals surface area contributed by atoms with E-state index in [1.54, 1.807) is 6.07 Å². The maximum atomic E-state index is 11.1. The molecule has 0 saturated heterocycles. The summed E-state index contributed by atoms with van der Waals surface area (Å²) < 4.78 is 0.744. The van der Waals surface area contributed by atoms with Gasteiger partial charge in [0.25, 0.3) is 5.69 Å². The molecule has 0 aromatic heterocycles. The molecule has 1 aliphatic rings. The van der Waals surface area contributed by atoms with Gasteiger partial charge in [-0.25, -0.2) is 0 Å². The summed E-state index contributed by atoms with van der Waals surface area (Å²) in [6.07, 6.45) is 6.53. The number of halogens is 1. The number of rotatable bonds is 5. The van der Waals surface area contributed by atoms with Crippen molar-refractivity contribution in [2.24, 2.45) is 5.92 Å². The van der Waals surface area contributed by atoms with Crippen LogP contribution in [-0.4, -0.2) is 11.0 Å². The predicted molar refractivity (Wildman–Crippen MR) is 83.7 cm³/mol. The Kier molecular flexibility index (Phi) is 5.54. The Bertz CT molecular complexity index is 473. The van der Waals surface area contributed by atoms with Crippen LogP contribution in [0.3, 0.4) is 0 Å². The topological polar surface area (TPSA) is 55.2 Å². The van der Waals surface area contributed by atoms with Crippen LogP contribution >= 0.6 is 15.9 Å². The minimum Gasteiger partial charge on any atom is -0.310 e. The van der Waals surface area contributed by atoms with E-state index < -0.39 is 0 Å². The van der Waals surface area contributed by atoms with Gasteiger partial charge < -0.3 is 5.32 Å². The van der Waals surface area contributed by atoms with E-state index in [9.17, 15) is 10.1 Å². The lowest BCUT2D eigenvalue weighted by atomic mass is 9.84. The fourth-order valence-electron chi connectivity index (χ4n) is 2.93. The van der Waals surface area contributed by atoms with Gasteiger partial charge >= 0.3 is 0 Å². The smallest absolute Gasteiger partial charge is 0.275 e. The van der Waals surface area contributed by atoms with Gasteiger partial charge in [0.15, 0.2) is 0 Å². The van der Waals surface area contributed by atoms with Crippen LogP contribution in [0.2, 0.25) is 0 Å². The van der Waals surface area contributed by atoms with Crippen LogP contribution in [0.4, 0.5) is 5.69 Å². The summed E-state index contributed by atoms with van der Waals surface area (Å²) in [4.78, 5) is 10.8. The zero-order chi connectivity index (χ0) is 14.5. The second-order valence-electron chi connectivity index (χ2n) is 5.60. The second kappa shape index (κ2) is 7.18. The summed E-state index contributed by atoms with van der Waals surface area (Å²) >= 11 is 3.28. The number of nitrogens with zero attached hydrogens (tertiary/aromatic N) is 1. The normalized spacial score (nSPS) is 17.9. The van der Waals surface area contributed by atoms with Crippen LogP contribution in [-0.2, 0) is 6.54 Å². The molecular formula is C15H21BrN2O2. The zero-order valence-electron chi connectivity index (χ0n) is 11.8. The molecule has 1 N–H and O–H groups in total. The molecule has 0 amide bonds. The van der Waals surface area contributed by atoms with Crippen molar-refractivity contribution >= 4 is 21.6 Å². The molecule has 0 unspecified atom stereocenters. The summed E-state index contributed by atoms with van der Waals surface area (Å²) in [6, 6.07) is 5.67. The van der Waals surface area contributed by atoms with E-state index in [2.05, 4.69) is 28.2 Å². The maximum Gasteiger partial charge on any atom is 0.275 e. The van der Waals surface area contributed by atoms with Crippen LogP contribution in [0.5, 0.6) is 0 Å². The number of hydrogen-bond acceptors (Lipinski definition) is 3. The van der Waals surface area contributed by atoms with Gasteiger partial charge in [-0.15, -0.1) is 0 Å². The molecule has 1 saturated carbocycles. The van der Waals surface area contributed by atoms with E-state index in [0.29, 0.717) is 18.5 Å². The number of nitrogens with one attached hydrogen (secondary N) is 1. The molecule has 1 atom stereocenters. The van der Waals surface area contributed by atoms with Crippen LogP contribution in [0.15, 0.2) is 22.7 Å². The van der Waals surface area contributed by atoms with Crippen molar-refractivity contribution in [3.05, 3.63) is 38.3 Å². The highest BCUT2D eigenvalue weighted by Gasteiger charge is 2.21. The summed E-state index contributed by atoms with van der Waals surface area (Å²) in [5.41, 5.74) is 0.934. The molecule has 1 fully saturated rings. The maximum absolute atomic E-state index is 11.1. The Morgan fingerprint density at radius 3 is 2.75 bits per heavy atom. The molecule has 2 rings (SSSR count). The van der Waals surface area contributed by atoms with E-state index in [-0.39, 0.29) is 10.6 Å². The first-order valence-corrected chi connectivity index (χ1v) is 8.03. The number of hydrogen-bond donors (Lipinski definition) is 1. The Morgan fingerprint density at radius 1 is 1.40 bits per heavy atom. The largest absolute Gasteiger partial charge is 0.310 e. The third kappa shape index (κ3) is 4.03. The first-order chi connectivity index (χ1) is 9.58. The lowest BCUT2D eigenvalue weighted by Crippen LogP contribution is -2.34. The Balaban J connectivity index is 1.97. The summed E-state index contributed by atoms with van der Waals surface area (Å²) in [7, 11) is 0. The third-order valence-electron chi connectivity index (χ3n) is 4.22. The molecular weight excluding hydrogens is 320 g/mol. The third-order valence-corrected chi connectivity index (χ3v) is 4.71. The number of nitro groups is 1. The Morgan fingerprint density at radius 2 is 2.10 bits per heavy atom. The lowest BCUT2D eigenvalue weighted by molar-refractivity contribution is -0.385. The predicted octanol–water partition coefficient (Wildman–Crippen LogP) is 4.42. The minimum atomic E-state index is -0.312. The molecule has 4 nitrogen and oxygen atoms in total. The van der Waals surface area contributed by atoms with Gasteiger partial charge in [-0.1, -0.05) is 35.2 Å². The van der Waals surface area contributed by atoms with Crippen molar-refractivity contribution < 1.29 is 4.92 Å². The van der Waals surface area contributed by atoms with E-state index in [4.69, 9.17) is 0 Å². The highest BCUT2D eigenvalue weighted by atomic mass is 79.9. The fourth-order valence-corrected chi connectivity index (χ4v) is 3.28. The van der Waals surface area contributed by atoms with Crippen LogP contribution in [0.25, 0.3) is 0 Å². The van der Waals surface area contributed by atoms with Crippen molar-refractivity contribution in [1.29, 1.82) is 0 Å². The van der Waals surface area contributed by atoms with E-state index in [0.717, 1.165) is 10.0 Å². The van der Waals surface area contributed by atoms with Gasteiger partial charge in [0.05, 0.1) is 4.92 Å². The van der Waals surface area contributed by atoms with Crippen molar-refractivity contribution in [3.63, 3.8) is 0 Å². The van der Waals surface area contributed by atoms with E-state index >= 15 is 0 Å². The van der Waals surface area contributed by atoms with Crippen molar-refractivity contribution in [3.8, 4) is 0 Å². The van der Waals surface area contributed by atoms with Gasteiger partial charge in [-0.2, -0.15) is 0 Å². The molecule has 110 valence electrons. The first-order valence-electron chi connectivity index (χ1n) is 7.24. The standard InChI is InChI=1S/C15H21BrN2O2/c1-11(12-5-3-2-4-6-12)17-10-13-7-8-14(16)9-15(13)18(19)20/h7-9,11-12,17H,2-6,10H2,1H3/t11-/m1/s1. The Labute approximate surface area is 128 Å². The molecule has 0 radical (unpaired) electrons. The quantitative estimate of drug-likeness (QED) is 0.637. The van der Waals surface area contributed by atoms with Gasteiger partial charge in [0.2, 0.25) is 0 Å². The average Bonchev–Trinajstić information content (AvgIpc) is 2.46. The molecule has 0 spiro atoms. The van der Waals surface area contributed by atoms with E-state index in [1.807, 2.05) is 12.1 Å². The molecule has 0 bridgehead atoms. The van der Waals surface area contributed by atoms with Gasteiger partial charge in [-0.05, 0) is 37.8 Å². The van der Waals surface area contributed by atoms with Crippen LogP contribution < -0.4 is 5.32 Å². The zero-order valence-corrected chi connectivity index (χ0v) is 13.4. The van der Waals surface area contributed by atoms with Gasteiger partial charge in [-0.3, -0.25) is 10.1 Å². The monoisotopic (exact) mass is 340 g/mol. The molecule has 1 aromatic carbocycles. The minimum absolute atomic E-state index is 0.183. The summed E-state index contributed by atoms with van der Waals surface area (Å²) in [5.74, 6) is 0.707. The van der Waals surface area contributed by atoms with Crippen molar-refractivity contribution in [2.75, 3.05) is 0 Å². The lowest BCUT2D eigenvalue weighted by Gasteiger charge is -2.28. The number of benzene rings is 1. The molecule has 5 heteroatoms. The molecule has 0 heterocycles. The molecule has 1 aliphatic carbocycles. The van der Waals surface area contributed by atoms with E-state index in [1.165, 1.54) is 32.1 Å². The van der Waals surface area contributed by atoms with Gasteiger partial charge in [0, 0.05) is 28.7 Å². The van der Waals surface area contributed by atoms with Crippen LogP contribution in [0, 0.1) is 16.0 Å². The SMILES string of the molecule is C[C@@H](NCc1ccc(Br)cc1[N+](=O)[O-])C1CCCCC1. The molecule has 20 heavy (non-hydrogen) atoms. The van der Waals surface area contributed by atoms with Crippen molar-refractivity contribution in [2.45, 2.75) is 51.6 Å². The van der Waals surface area contributed by atoms with Crippen LogP contribution in [0.1, 0.15) is 44.6 Å². The van der Waals surface area contributed by atoms with Crippen molar-refractivity contribution in [1.82, 2.24) is 5.32 Å². The van der Waals surface area contributed by atoms with Gasteiger partial charge in [0.1, 0.15) is 0 Å². The number of nitro benzene ring substituents is 1.